The maximum Gasteiger partial charge on any atom is 0.326 e. The zero-order valence-electron chi connectivity index (χ0n) is 10.4. The van der Waals surface area contributed by atoms with Crippen molar-refractivity contribution in [3.8, 4) is 5.75 Å². The van der Waals surface area contributed by atoms with Crippen LogP contribution in [0, 0.1) is 5.82 Å². The van der Waals surface area contributed by atoms with Gasteiger partial charge in [-0.05, 0) is 18.2 Å². The van der Waals surface area contributed by atoms with Crippen LogP contribution in [0.4, 0.5) is 4.39 Å². The summed E-state index contributed by atoms with van der Waals surface area (Å²) in [6, 6.07) is 3.20. The summed E-state index contributed by atoms with van der Waals surface area (Å²) >= 11 is 0. The van der Waals surface area contributed by atoms with E-state index in [1.54, 1.807) is 0 Å². The first-order valence-electron chi connectivity index (χ1n) is 5.90. The van der Waals surface area contributed by atoms with Crippen LogP contribution in [0.5, 0.6) is 5.75 Å². The van der Waals surface area contributed by atoms with Crippen molar-refractivity contribution in [1.82, 2.24) is 5.32 Å². The van der Waals surface area contributed by atoms with Crippen molar-refractivity contribution >= 4 is 11.9 Å². The molecule has 0 aliphatic carbocycles. The Kier molecular flexibility index (Phi) is 3.69. The van der Waals surface area contributed by atoms with Crippen LogP contribution in [0.2, 0.25) is 0 Å². The first-order valence-corrected chi connectivity index (χ1v) is 5.90. The number of halogens is 1. The van der Waals surface area contributed by atoms with Crippen molar-refractivity contribution in [2.24, 2.45) is 0 Å². The minimum Gasteiger partial charge on any atom is -0.490 e. The van der Waals surface area contributed by atoms with Gasteiger partial charge in [0.05, 0.1) is 0 Å². The second kappa shape index (κ2) is 5.26. The average molecular weight is 267 g/mol. The molecule has 1 amide bonds. The predicted octanol–water partition coefficient (Wildman–Crippen LogP) is 1.11. The third-order valence-corrected chi connectivity index (χ3v) is 2.94. The summed E-state index contributed by atoms with van der Waals surface area (Å²) in [7, 11) is 0. The van der Waals surface area contributed by atoms with E-state index in [1.165, 1.54) is 25.1 Å². The van der Waals surface area contributed by atoms with Crippen LogP contribution in [0.3, 0.4) is 0 Å². The van der Waals surface area contributed by atoms with Crippen LogP contribution >= 0.6 is 0 Å². The molecule has 0 radical (unpaired) electrons. The first kappa shape index (κ1) is 13.3. The van der Waals surface area contributed by atoms with Crippen molar-refractivity contribution < 1.29 is 23.8 Å². The SMILES string of the molecule is CC(=O)NC(CC1Cc2cc(F)ccc2O1)C(=O)O. The first-order chi connectivity index (χ1) is 8.95. The fourth-order valence-electron chi connectivity index (χ4n) is 2.15. The van der Waals surface area contributed by atoms with E-state index in [0.29, 0.717) is 12.2 Å². The number of carboxylic acid groups (broad SMARTS) is 1. The molecule has 0 saturated carbocycles. The third kappa shape index (κ3) is 3.21. The third-order valence-electron chi connectivity index (χ3n) is 2.94. The Morgan fingerprint density at radius 1 is 1.58 bits per heavy atom. The van der Waals surface area contributed by atoms with Gasteiger partial charge in [-0.2, -0.15) is 0 Å². The van der Waals surface area contributed by atoms with Crippen LogP contribution < -0.4 is 10.1 Å². The van der Waals surface area contributed by atoms with Crippen molar-refractivity contribution in [1.29, 1.82) is 0 Å². The highest BCUT2D eigenvalue weighted by Crippen LogP contribution is 2.30. The number of benzene rings is 1. The quantitative estimate of drug-likeness (QED) is 0.856. The molecule has 0 aromatic heterocycles. The Morgan fingerprint density at radius 2 is 2.32 bits per heavy atom. The minimum atomic E-state index is -1.11. The molecule has 2 unspecified atom stereocenters. The molecule has 1 aliphatic heterocycles. The van der Waals surface area contributed by atoms with Gasteiger partial charge in [-0.1, -0.05) is 0 Å². The molecule has 6 heteroatoms. The van der Waals surface area contributed by atoms with Crippen molar-refractivity contribution in [2.45, 2.75) is 31.9 Å². The van der Waals surface area contributed by atoms with E-state index in [-0.39, 0.29) is 18.3 Å². The van der Waals surface area contributed by atoms with Gasteiger partial charge in [0.25, 0.3) is 0 Å². The molecule has 1 heterocycles. The van der Waals surface area contributed by atoms with Gasteiger partial charge in [-0.25, -0.2) is 9.18 Å². The van der Waals surface area contributed by atoms with E-state index < -0.39 is 17.9 Å². The lowest BCUT2D eigenvalue weighted by Crippen LogP contribution is -2.42. The normalized spacial score (nSPS) is 18.3. The van der Waals surface area contributed by atoms with Crippen LogP contribution in [-0.2, 0) is 16.0 Å². The van der Waals surface area contributed by atoms with Gasteiger partial charge in [0.1, 0.15) is 23.7 Å². The average Bonchev–Trinajstić information content (AvgIpc) is 2.68. The van der Waals surface area contributed by atoms with Gasteiger partial charge in [-0.3, -0.25) is 4.79 Å². The second-order valence-electron chi connectivity index (χ2n) is 4.52. The Hall–Kier alpha value is -2.11. The number of fused-ring (bicyclic) bond motifs is 1. The number of nitrogens with one attached hydrogen (secondary N) is 1. The number of carboxylic acids is 1. The Bertz CT molecular complexity index is 517. The van der Waals surface area contributed by atoms with Gasteiger partial charge in [0.2, 0.25) is 5.91 Å². The fraction of sp³-hybridized carbons (Fsp3) is 0.385. The van der Waals surface area contributed by atoms with E-state index >= 15 is 0 Å². The topological polar surface area (TPSA) is 75.6 Å². The molecule has 2 N–H and O–H groups in total. The maximum atomic E-state index is 13.0. The number of amides is 1. The van der Waals surface area contributed by atoms with Gasteiger partial charge in [0.15, 0.2) is 0 Å². The van der Waals surface area contributed by atoms with Crippen molar-refractivity contribution in [3.05, 3.63) is 29.6 Å². The molecule has 1 aromatic carbocycles. The Balaban J connectivity index is 2.02. The lowest BCUT2D eigenvalue weighted by molar-refractivity contribution is -0.142. The van der Waals surface area contributed by atoms with Gasteiger partial charge in [0, 0.05) is 25.3 Å². The number of hydrogen-bond donors (Lipinski definition) is 2. The van der Waals surface area contributed by atoms with Gasteiger partial charge < -0.3 is 15.2 Å². The van der Waals surface area contributed by atoms with E-state index in [9.17, 15) is 14.0 Å². The molecular weight excluding hydrogens is 253 g/mol. The molecule has 19 heavy (non-hydrogen) atoms. The van der Waals surface area contributed by atoms with Crippen molar-refractivity contribution in [3.63, 3.8) is 0 Å². The number of aliphatic carboxylic acids is 1. The van der Waals surface area contributed by atoms with Crippen LogP contribution in [-0.4, -0.2) is 29.1 Å². The number of ether oxygens (including phenoxy) is 1. The lowest BCUT2D eigenvalue weighted by atomic mass is 10.0. The summed E-state index contributed by atoms with van der Waals surface area (Å²) in [5, 5.41) is 11.4. The van der Waals surface area contributed by atoms with E-state index in [2.05, 4.69) is 5.32 Å². The van der Waals surface area contributed by atoms with Gasteiger partial charge in [-0.15, -0.1) is 0 Å². The molecule has 5 nitrogen and oxygen atoms in total. The maximum absolute atomic E-state index is 13.0. The standard InChI is InChI=1S/C13H14FNO4/c1-7(16)15-11(13(17)18)6-10-5-8-4-9(14)2-3-12(8)19-10/h2-4,10-11H,5-6H2,1H3,(H,15,16)(H,17,18). The number of carbonyl (C=O) groups excluding carboxylic acids is 1. The van der Waals surface area contributed by atoms with Crippen LogP contribution in [0.1, 0.15) is 18.9 Å². The summed E-state index contributed by atoms with van der Waals surface area (Å²) in [4.78, 5) is 21.9. The molecule has 0 saturated heterocycles. The summed E-state index contributed by atoms with van der Waals surface area (Å²) in [5.74, 6) is -1.30. The zero-order valence-corrected chi connectivity index (χ0v) is 10.4. The largest absolute Gasteiger partial charge is 0.490 e. The Morgan fingerprint density at radius 3 is 2.95 bits per heavy atom. The predicted molar refractivity (Wildman–Crippen MR) is 64.4 cm³/mol. The molecule has 1 aliphatic rings. The van der Waals surface area contributed by atoms with Gasteiger partial charge >= 0.3 is 5.97 Å². The van der Waals surface area contributed by atoms with E-state index in [1.807, 2.05) is 0 Å². The van der Waals surface area contributed by atoms with E-state index in [0.717, 1.165) is 5.56 Å². The number of hydrogen-bond acceptors (Lipinski definition) is 3. The summed E-state index contributed by atoms with van der Waals surface area (Å²) in [5.41, 5.74) is 0.719. The highest BCUT2D eigenvalue weighted by Gasteiger charge is 2.29. The van der Waals surface area contributed by atoms with Crippen LogP contribution in [0.15, 0.2) is 18.2 Å². The molecule has 2 rings (SSSR count). The molecular formula is C13H14FNO4. The molecule has 0 bridgehead atoms. The van der Waals surface area contributed by atoms with Crippen LogP contribution in [0.25, 0.3) is 0 Å². The molecule has 2 atom stereocenters. The molecule has 102 valence electrons. The molecule has 0 fully saturated rings. The van der Waals surface area contributed by atoms with Crippen molar-refractivity contribution in [2.75, 3.05) is 0 Å². The summed E-state index contributed by atoms with van der Waals surface area (Å²) in [6.07, 6.45) is 0.214. The number of rotatable bonds is 4. The van der Waals surface area contributed by atoms with E-state index in [4.69, 9.17) is 9.84 Å². The summed E-state index contributed by atoms with van der Waals surface area (Å²) < 4.78 is 18.6. The molecule has 1 aromatic rings. The zero-order chi connectivity index (χ0) is 14.0. The molecule has 0 spiro atoms. The minimum absolute atomic E-state index is 0.144. The summed E-state index contributed by atoms with van der Waals surface area (Å²) in [6.45, 7) is 1.26. The Labute approximate surface area is 109 Å². The monoisotopic (exact) mass is 267 g/mol. The fourth-order valence-corrected chi connectivity index (χ4v) is 2.15. The smallest absolute Gasteiger partial charge is 0.326 e. The second-order valence-corrected chi connectivity index (χ2v) is 4.52. The highest BCUT2D eigenvalue weighted by molar-refractivity contribution is 5.82. The highest BCUT2D eigenvalue weighted by atomic mass is 19.1. The number of carbonyl (C=O) groups is 2. The lowest BCUT2D eigenvalue weighted by Gasteiger charge is -2.17.